The van der Waals surface area contributed by atoms with Crippen LogP contribution in [0.5, 0.6) is 0 Å². The van der Waals surface area contributed by atoms with Gasteiger partial charge < -0.3 is 0 Å². The van der Waals surface area contributed by atoms with Gasteiger partial charge in [0, 0.05) is 0 Å². The summed E-state index contributed by atoms with van der Waals surface area (Å²) in [5.74, 6) is -0.434. The van der Waals surface area contributed by atoms with Crippen molar-refractivity contribution >= 4 is 27.2 Å². The Morgan fingerprint density at radius 3 is 2.65 bits per heavy atom. The summed E-state index contributed by atoms with van der Waals surface area (Å²) >= 11 is 0.954. The van der Waals surface area contributed by atoms with E-state index in [4.69, 9.17) is 10.5 Å². The van der Waals surface area contributed by atoms with Crippen LogP contribution in [0.1, 0.15) is 12.5 Å². The molecule has 2 heterocycles. The van der Waals surface area contributed by atoms with Crippen LogP contribution in [-0.2, 0) is 10.3 Å². The van der Waals surface area contributed by atoms with Gasteiger partial charge in [-0.1, -0.05) is 0 Å². The zero-order chi connectivity index (χ0) is 15.0. The molecule has 2 rings (SSSR count). The number of hydrogen-bond acceptors (Lipinski definition) is 4. The standard InChI is InChI=1S/C12H15AsF3N3O/c1-11(7-2-9(17)18-3-8(7)16)6-20-12(4-14,5-15)10(13)19-11/h2-3H,4-6,13H2,1H3,(H2,17,18). The van der Waals surface area contributed by atoms with Gasteiger partial charge in [-0.25, -0.2) is 0 Å². The third kappa shape index (κ3) is 2.44. The van der Waals surface area contributed by atoms with E-state index in [2.05, 4.69) is 9.98 Å². The van der Waals surface area contributed by atoms with E-state index < -0.39 is 30.3 Å². The summed E-state index contributed by atoms with van der Waals surface area (Å²) in [4.78, 5) is 7.94. The monoisotopic (exact) mass is 349 g/mol. The van der Waals surface area contributed by atoms with Crippen LogP contribution in [-0.4, -0.2) is 51.9 Å². The van der Waals surface area contributed by atoms with Crippen LogP contribution < -0.4 is 5.73 Å². The maximum absolute atomic E-state index is 13.9. The molecule has 4 nitrogen and oxygen atoms in total. The zero-order valence-electron chi connectivity index (χ0n) is 10.9. The van der Waals surface area contributed by atoms with Crippen molar-refractivity contribution in [2.24, 2.45) is 4.99 Å². The second-order valence-corrected chi connectivity index (χ2v) is 6.06. The van der Waals surface area contributed by atoms with Gasteiger partial charge in [-0.05, 0) is 0 Å². The summed E-state index contributed by atoms with van der Waals surface area (Å²) < 4.78 is 45.6. The molecule has 0 fully saturated rings. The molecule has 0 spiro atoms. The Hall–Kier alpha value is -1.07. The third-order valence-corrected chi connectivity index (χ3v) is 4.73. The summed E-state index contributed by atoms with van der Waals surface area (Å²) in [5, 5.41) is 0. The van der Waals surface area contributed by atoms with E-state index in [1.807, 2.05) is 0 Å². The topological polar surface area (TPSA) is 60.5 Å². The van der Waals surface area contributed by atoms with Crippen LogP contribution in [0.3, 0.4) is 0 Å². The van der Waals surface area contributed by atoms with Gasteiger partial charge in [0.2, 0.25) is 0 Å². The summed E-state index contributed by atoms with van der Waals surface area (Å²) in [7, 11) is 0. The average molecular weight is 349 g/mol. The number of alkyl halides is 2. The molecule has 110 valence electrons. The van der Waals surface area contributed by atoms with Crippen molar-refractivity contribution in [3.8, 4) is 0 Å². The molecule has 20 heavy (non-hydrogen) atoms. The molecule has 8 heteroatoms. The Labute approximate surface area is 123 Å². The van der Waals surface area contributed by atoms with Gasteiger partial charge >= 0.3 is 122 Å². The molecular weight excluding hydrogens is 334 g/mol. The number of nitrogens with two attached hydrogens (primary N) is 1. The summed E-state index contributed by atoms with van der Waals surface area (Å²) in [6.07, 6.45) is 0.998. The van der Waals surface area contributed by atoms with Gasteiger partial charge in [-0.15, -0.1) is 0 Å². The third-order valence-electron chi connectivity index (χ3n) is 3.35. The van der Waals surface area contributed by atoms with Crippen molar-refractivity contribution < 1.29 is 17.9 Å². The molecule has 1 aliphatic rings. The molecule has 2 unspecified atom stereocenters. The normalized spacial score (nSPS) is 25.4. The van der Waals surface area contributed by atoms with E-state index in [0.717, 1.165) is 23.0 Å². The van der Waals surface area contributed by atoms with E-state index in [9.17, 15) is 13.2 Å². The predicted molar refractivity (Wildman–Crippen MR) is 72.6 cm³/mol. The number of aliphatic imine (C=N–C) groups is 1. The van der Waals surface area contributed by atoms with Gasteiger partial charge in [0.05, 0.1) is 0 Å². The van der Waals surface area contributed by atoms with Crippen LogP contribution >= 0.6 is 0 Å². The van der Waals surface area contributed by atoms with Gasteiger partial charge in [0.1, 0.15) is 0 Å². The summed E-state index contributed by atoms with van der Waals surface area (Å²) in [5.41, 5.74) is 3.05. The molecule has 0 aliphatic carbocycles. The Balaban J connectivity index is 2.48. The molecule has 0 amide bonds. The molecule has 2 N–H and O–H groups in total. The van der Waals surface area contributed by atoms with Crippen LogP contribution in [0.4, 0.5) is 19.0 Å². The number of halogens is 3. The van der Waals surface area contributed by atoms with Crippen LogP contribution in [0, 0.1) is 5.82 Å². The number of anilines is 1. The molecule has 0 radical (unpaired) electrons. The van der Waals surface area contributed by atoms with Crippen molar-refractivity contribution in [3.63, 3.8) is 0 Å². The van der Waals surface area contributed by atoms with E-state index in [0.29, 0.717) is 0 Å². The van der Waals surface area contributed by atoms with Gasteiger partial charge in [0.25, 0.3) is 0 Å². The Kier molecular flexibility index (Phi) is 4.11. The molecule has 0 saturated carbocycles. The summed E-state index contributed by atoms with van der Waals surface area (Å²) in [6.45, 7) is -0.505. The molecule has 2 atom stereocenters. The van der Waals surface area contributed by atoms with E-state index in [-0.39, 0.29) is 22.5 Å². The van der Waals surface area contributed by atoms with E-state index in [1.54, 1.807) is 6.92 Å². The van der Waals surface area contributed by atoms with Crippen molar-refractivity contribution in [3.05, 3.63) is 23.6 Å². The minimum absolute atomic E-state index is 0.130. The first-order valence-corrected chi connectivity index (χ1v) is 7.11. The van der Waals surface area contributed by atoms with Crippen LogP contribution in [0.2, 0.25) is 0 Å². The molecule has 0 bridgehead atoms. The fraction of sp³-hybridized carbons (Fsp3) is 0.500. The van der Waals surface area contributed by atoms with Crippen molar-refractivity contribution in [2.45, 2.75) is 18.1 Å². The van der Waals surface area contributed by atoms with Crippen LogP contribution in [0.25, 0.3) is 0 Å². The predicted octanol–water partition coefficient (Wildman–Crippen LogP) is 0.758. The van der Waals surface area contributed by atoms with Crippen molar-refractivity contribution in [1.82, 2.24) is 4.98 Å². The number of aromatic nitrogens is 1. The van der Waals surface area contributed by atoms with Crippen molar-refractivity contribution in [1.29, 1.82) is 0 Å². The fourth-order valence-electron chi connectivity index (χ4n) is 2.01. The zero-order valence-corrected chi connectivity index (χ0v) is 13.3. The first-order chi connectivity index (χ1) is 9.37. The number of rotatable bonds is 3. The maximum atomic E-state index is 13.9. The molecule has 1 aliphatic heterocycles. The fourth-order valence-corrected chi connectivity index (χ4v) is 3.10. The van der Waals surface area contributed by atoms with Crippen molar-refractivity contribution in [2.75, 3.05) is 25.7 Å². The van der Waals surface area contributed by atoms with Gasteiger partial charge in [0.15, 0.2) is 0 Å². The second-order valence-electron chi connectivity index (χ2n) is 4.91. The Bertz CT molecular complexity index is 551. The number of ether oxygens (including phenoxy) is 1. The molecule has 0 aromatic carbocycles. The SMILES string of the molecule is CC1(c2cc(N)ncc2F)COC(CF)(CF)C([AsH2])=N1. The number of hydrogen-bond donors (Lipinski definition) is 1. The molecule has 1 aromatic heterocycles. The first kappa shape index (κ1) is 15.3. The molecule has 0 saturated heterocycles. The minimum atomic E-state index is -1.63. The van der Waals surface area contributed by atoms with E-state index in [1.165, 1.54) is 6.07 Å². The van der Waals surface area contributed by atoms with Crippen LogP contribution in [0.15, 0.2) is 17.3 Å². The quantitative estimate of drug-likeness (QED) is 0.820. The number of nitrogens with zero attached hydrogens (tertiary/aromatic N) is 2. The molecular formula is C12H15AsF3N3O. The Morgan fingerprint density at radius 2 is 2.10 bits per heavy atom. The van der Waals surface area contributed by atoms with E-state index >= 15 is 0 Å². The Morgan fingerprint density at radius 1 is 1.45 bits per heavy atom. The van der Waals surface area contributed by atoms with Gasteiger partial charge in [-0.2, -0.15) is 0 Å². The second kappa shape index (κ2) is 5.37. The molecule has 1 aromatic rings. The van der Waals surface area contributed by atoms with Gasteiger partial charge in [-0.3, -0.25) is 0 Å². The summed E-state index contributed by atoms with van der Waals surface area (Å²) in [6, 6.07) is 1.36. The average Bonchev–Trinajstić information content (AvgIpc) is 2.42. The number of nitrogen functional groups attached to an aromatic ring is 1. The number of pyridine rings is 1. The first-order valence-electron chi connectivity index (χ1n) is 5.90.